The Hall–Kier alpha value is -0.220. The van der Waals surface area contributed by atoms with Crippen molar-refractivity contribution in [3.05, 3.63) is 0 Å². The lowest BCUT2D eigenvalue weighted by atomic mass is 10.4. The Bertz CT molecular complexity index is 87.1. The first-order valence-electron chi connectivity index (χ1n) is 3.15. The van der Waals surface area contributed by atoms with Gasteiger partial charge in [0.05, 0.1) is 0 Å². The molecule has 59 valence electrons. The van der Waals surface area contributed by atoms with Crippen molar-refractivity contribution in [1.29, 1.82) is 0 Å². The normalized spacial score (nSPS) is 12.6. The summed E-state index contributed by atoms with van der Waals surface area (Å²) in [5, 5.41) is 0. The van der Waals surface area contributed by atoms with Gasteiger partial charge in [0.15, 0.2) is 0 Å². The highest BCUT2D eigenvalue weighted by molar-refractivity contribution is 7.91. The smallest absolute Gasteiger partial charge is 0.421 e. The van der Waals surface area contributed by atoms with Gasteiger partial charge < -0.3 is 9.29 Å². The fourth-order valence-corrected chi connectivity index (χ4v) is 1.36. The fourth-order valence-electron chi connectivity index (χ4n) is 0.454. The van der Waals surface area contributed by atoms with Crippen LogP contribution >= 0.6 is 0 Å². The summed E-state index contributed by atoms with van der Waals surface area (Å²) in [6.45, 7) is 3.25. The molecule has 0 heterocycles. The van der Waals surface area contributed by atoms with E-state index in [9.17, 15) is 9.35 Å². The molecule has 0 spiro atoms. The summed E-state index contributed by atoms with van der Waals surface area (Å²) in [6, 6.07) is 0. The van der Waals surface area contributed by atoms with Gasteiger partial charge in [-0.1, -0.05) is 13.3 Å². The maximum atomic E-state index is 10.8. The molecular weight excluding hydrogens is 152 g/mol. The minimum Gasteiger partial charge on any atom is -0.614 e. The number of unbranched alkanes of at least 4 members (excludes halogenated alkanes) is 1. The lowest BCUT2D eigenvalue weighted by Crippen LogP contribution is -2.12. The van der Waals surface area contributed by atoms with E-state index < -0.39 is 11.2 Å². The maximum absolute atomic E-state index is 10.8. The van der Waals surface area contributed by atoms with E-state index in [0.29, 0.717) is 5.75 Å². The Labute approximate surface area is 63.9 Å². The van der Waals surface area contributed by atoms with E-state index in [1.807, 2.05) is 6.92 Å². The van der Waals surface area contributed by atoms with Gasteiger partial charge in [-0.3, -0.25) is 0 Å². The SMILES string of the molecule is CCCC[S+]([O-])CO[C]=O. The largest absolute Gasteiger partial charge is 0.614 e. The van der Waals surface area contributed by atoms with Crippen molar-refractivity contribution < 1.29 is 14.1 Å². The zero-order chi connectivity index (χ0) is 7.82. The first kappa shape index (κ1) is 9.78. The molecule has 0 saturated carbocycles. The highest BCUT2D eigenvalue weighted by atomic mass is 32.2. The fraction of sp³-hybridized carbons (Fsp3) is 0.833. The van der Waals surface area contributed by atoms with Crippen LogP contribution in [-0.4, -0.2) is 22.7 Å². The van der Waals surface area contributed by atoms with Gasteiger partial charge in [0, 0.05) is 0 Å². The van der Waals surface area contributed by atoms with Crippen molar-refractivity contribution >= 4 is 17.6 Å². The average molecular weight is 163 g/mol. The van der Waals surface area contributed by atoms with Gasteiger partial charge in [0.2, 0.25) is 5.94 Å². The third kappa shape index (κ3) is 5.91. The molecule has 10 heavy (non-hydrogen) atoms. The lowest BCUT2D eigenvalue weighted by Gasteiger charge is -2.06. The standard InChI is InChI=1S/C6H11O3S/c1-2-3-4-10(8)6-9-5-7/h2-4,6H2,1H3. The molecule has 0 rings (SSSR count). The molecule has 0 fully saturated rings. The topological polar surface area (TPSA) is 49.4 Å². The van der Waals surface area contributed by atoms with Crippen LogP contribution in [0.3, 0.4) is 0 Å². The Morgan fingerprint density at radius 1 is 1.70 bits per heavy atom. The predicted octanol–water partition coefficient (Wildman–Crippen LogP) is 0.577. The number of ether oxygens (including phenoxy) is 1. The van der Waals surface area contributed by atoms with Gasteiger partial charge in [-0.2, -0.15) is 0 Å². The summed E-state index contributed by atoms with van der Waals surface area (Å²) in [5.74, 6) is 0.599. The molecule has 0 bridgehead atoms. The molecule has 0 aliphatic rings. The highest BCUT2D eigenvalue weighted by Gasteiger charge is 2.03. The number of hydrogen-bond donors (Lipinski definition) is 0. The van der Waals surface area contributed by atoms with Crippen LogP contribution in [0.4, 0.5) is 0 Å². The second kappa shape index (κ2) is 6.89. The Balaban J connectivity index is 3.07. The third-order valence-corrected chi connectivity index (χ3v) is 2.10. The number of rotatable bonds is 6. The molecular formula is C6H11O3S. The van der Waals surface area contributed by atoms with Crippen molar-refractivity contribution in [2.45, 2.75) is 19.8 Å². The summed E-state index contributed by atoms with van der Waals surface area (Å²) < 4.78 is 15.0. The predicted molar refractivity (Wildman–Crippen MR) is 39.6 cm³/mol. The number of carbonyl (C=O) groups excluding carboxylic acids is 1. The van der Waals surface area contributed by atoms with Crippen molar-refractivity contribution in [2.75, 3.05) is 11.7 Å². The molecule has 0 aromatic rings. The summed E-state index contributed by atoms with van der Waals surface area (Å²) in [5.41, 5.74) is 0. The van der Waals surface area contributed by atoms with Crippen molar-refractivity contribution in [3.63, 3.8) is 0 Å². The van der Waals surface area contributed by atoms with Crippen LogP contribution in [0.15, 0.2) is 0 Å². The summed E-state index contributed by atoms with van der Waals surface area (Å²) in [6.07, 6.45) is 1.92. The van der Waals surface area contributed by atoms with E-state index in [1.165, 1.54) is 6.47 Å². The molecule has 0 aromatic carbocycles. The number of hydrogen-bond acceptors (Lipinski definition) is 3. The van der Waals surface area contributed by atoms with Gasteiger partial charge in [0.1, 0.15) is 5.75 Å². The highest BCUT2D eigenvalue weighted by Crippen LogP contribution is 1.96. The maximum Gasteiger partial charge on any atom is 0.421 e. The quantitative estimate of drug-likeness (QED) is 0.538. The monoisotopic (exact) mass is 163 g/mol. The average Bonchev–Trinajstić information content (AvgIpc) is 1.97. The van der Waals surface area contributed by atoms with E-state index in [1.54, 1.807) is 0 Å². The minimum atomic E-state index is -1.00. The molecule has 0 amide bonds. The Morgan fingerprint density at radius 2 is 2.40 bits per heavy atom. The molecule has 4 heteroatoms. The lowest BCUT2D eigenvalue weighted by molar-refractivity contribution is 0.326. The van der Waals surface area contributed by atoms with Crippen LogP contribution in [0.1, 0.15) is 19.8 Å². The molecule has 1 unspecified atom stereocenters. The first-order chi connectivity index (χ1) is 4.81. The van der Waals surface area contributed by atoms with Crippen LogP contribution in [0.2, 0.25) is 0 Å². The second-order valence-corrected chi connectivity index (χ2v) is 3.37. The molecule has 0 aliphatic carbocycles. The van der Waals surface area contributed by atoms with Crippen molar-refractivity contribution in [3.8, 4) is 0 Å². The molecule has 3 nitrogen and oxygen atoms in total. The Kier molecular flexibility index (Phi) is 6.74. The molecule has 1 atom stereocenters. The second-order valence-electron chi connectivity index (χ2n) is 1.84. The van der Waals surface area contributed by atoms with Crippen LogP contribution in [0.5, 0.6) is 0 Å². The van der Waals surface area contributed by atoms with Gasteiger partial charge in [0.25, 0.3) is 0 Å². The van der Waals surface area contributed by atoms with Crippen LogP contribution in [-0.2, 0) is 20.7 Å². The van der Waals surface area contributed by atoms with E-state index in [-0.39, 0.29) is 5.94 Å². The summed E-state index contributed by atoms with van der Waals surface area (Å²) in [7, 11) is 0. The third-order valence-electron chi connectivity index (χ3n) is 0.975. The van der Waals surface area contributed by atoms with E-state index in [2.05, 4.69) is 4.74 Å². The van der Waals surface area contributed by atoms with Crippen LogP contribution in [0.25, 0.3) is 0 Å². The Morgan fingerprint density at radius 3 is 2.90 bits per heavy atom. The van der Waals surface area contributed by atoms with Crippen LogP contribution < -0.4 is 0 Å². The first-order valence-corrected chi connectivity index (χ1v) is 4.64. The molecule has 0 saturated heterocycles. The van der Waals surface area contributed by atoms with Gasteiger partial charge >= 0.3 is 6.47 Å². The van der Waals surface area contributed by atoms with Crippen LogP contribution in [0, 0.1) is 0 Å². The molecule has 0 aromatic heterocycles. The minimum absolute atomic E-state index is 0.0104. The summed E-state index contributed by atoms with van der Waals surface area (Å²) >= 11 is -1.00. The van der Waals surface area contributed by atoms with Gasteiger partial charge in [-0.25, -0.2) is 4.79 Å². The van der Waals surface area contributed by atoms with Gasteiger partial charge in [-0.15, -0.1) is 0 Å². The molecule has 0 N–H and O–H groups in total. The molecule has 0 aliphatic heterocycles. The zero-order valence-corrected chi connectivity index (χ0v) is 6.78. The van der Waals surface area contributed by atoms with E-state index >= 15 is 0 Å². The van der Waals surface area contributed by atoms with Crippen molar-refractivity contribution in [2.24, 2.45) is 0 Å². The molecule has 1 radical (unpaired) electrons. The summed E-state index contributed by atoms with van der Waals surface area (Å²) in [4.78, 5) is 9.50. The van der Waals surface area contributed by atoms with E-state index in [0.717, 1.165) is 12.8 Å². The zero-order valence-electron chi connectivity index (χ0n) is 5.96. The van der Waals surface area contributed by atoms with E-state index in [4.69, 9.17) is 0 Å². The van der Waals surface area contributed by atoms with Crippen molar-refractivity contribution in [1.82, 2.24) is 0 Å². The van der Waals surface area contributed by atoms with Gasteiger partial charge in [-0.05, 0) is 17.6 Å².